The van der Waals surface area contributed by atoms with Crippen LogP contribution >= 0.6 is 24.0 Å². The molecule has 1 aromatic carbocycles. The molecule has 126 valence electrons. The number of nitrogens with one attached hydrogen (secondary N) is 2. The van der Waals surface area contributed by atoms with E-state index in [0.29, 0.717) is 24.8 Å². The van der Waals surface area contributed by atoms with Crippen LogP contribution in [0.2, 0.25) is 0 Å². The quantitative estimate of drug-likeness (QED) is 0.416. The number of guanidine groups is 1. The molecular weight excluding hydrogens is 414 g/mol. The molecule has 6 nitrogen and oxygen atoms in total. The SMILES string of the molecule is CN=C(NCc1ccon1)NCC(C)Oc1cccc(F)c1.I. The Hall–Kier alpha value is -1.84. The van der Waals surface area contributed by atoms with Crippen LogP contribution in [0.3, 0.4) is 0 Å². The summed E-state index contributed by atoms with van der Waals surface area (Å²) in [6, 6.07) is 7.84. The first-order valence-corrected chi connectivity index (χ1v) is 6.93. The first-order chi connectivity index (χ1) is 10.7. The summed E-state index contributed by atoms with van der Waals surface area (Å²) in [4.78, 5) is 4.10. The van der Waals surface area contributed by atoms with Crippen LogP contribution in [-0.4, -0.2) is 30.8 Å². The van der Waals surface area contributed by atoms with Gasteiger partial charge in [0.15, 0.2) is 5.96 Å². The molecule has 0 bridgehead atoms. The summed E-state index contributed by atoms with van der Waals surface area (Å²) in [5.74, 6) is 0.806. The van der Waals surface area contributed by atoms with Crippen LogP contribution in [0.4, 0.5) is 4.39 Å². The topological polar surface area (TPSA) is 71.7 Å². The lowest BCUT2D eigenvalue weighted by Crippen LogP contribution is -2.41. The van der Waals surface area contributed by atoms with Crippen LogP contribution < -0.4 is 15.4 Å². The van der Waals surface area contributed by atoms with E-state index < -0.39 is 0 Å². The zero-order chi connectivity index (χ0) is 15.8. The van der Waals surface area contributed by atoms with Gasteiger partial charge in [0.1, 0.15) is 29.6 Å². The van der Waals surface area contributed by atoms with Crippen LogP contribution in [-0.2, 0) is 6.54 Å². The number of aromatic nitrogens is 1. The summed E-state index contributed by atoms with van der Waals surface area (Å²) in [5, 5.41) is 10.0. The Morgan fingerprint density at radius 1 is 1.39 bits per heavy atom. The highest BCUT2D eigenvalue weighted by molar-refractivity contribution is 14.0. The van der Waals surface area contributed by atoms with Crippen molar-refractivity contribution in [2.45, 2.75) is 19.6 Å². The molecule has 0 amide bonds. The minimum absolute atomic E-state index is 0. The summed E-state index contributed by atoms with van der Waals surface area (Å²) in [5.41, 5.74) is 0.784. The first-order valence-electron chi connectivity index (χ1n) is 6.93. The summed E-state index contributed by atoms with van der Waals surface area (Å²) >= 11 is 0. The van der Waals surface area contributed by atoms with Crippen molar-refractivity contribution in [3.63, 3.8) is 0 Å². The summed E-state index contributed by atoms with van der Waals surface area (Å²) in [6.45, 7) is 2.92. The Bertz CT molecular complexity index is 607. The lowest BCUT2D eigenvalue weighted by atomic mass is 10.3. The van der Waals surface area contributed by atoms with Crippen molar-refractivity contribution in [1.82, 2.24) is 15.8 Å². The van der Waals surface area contributed by atoms with E-state index >= 15 is 0 Å². The van der Waals surface area contributed by atoms with Crippen molar-refractivity contribution < 1.29 is 13.7 Å². The maximum Gasteiger partial charge on any atom is 0.191 e. The number of benzene rings is 1. The van der Waals surface area contributed by atoms with E-state index in [4.69, 9.17) is 9.26 Å². The van der Waals surface area contributed by atoms with Crippen LogP contribution in [0.1, 0.15) is 12.6 Å². The molecule has 2 N–H and O–H groups in total. The van der Waals surface area contributed by atoms with Gasteiger partial charge in [0.25, 0.3) is 0 Å². The maximum atomic E-state index is 13.1. The molecule has 0 fully saturated rings. The summed E-state index contributed by atoms with van der Waals surface area (Å²) in [6.07, 6.45) is 1.37. The number of nitrogens with zero attached hydrogens (tertiary/aromatic N) is 2. The number of aliphatic imine (C=N–C) groups is 1. The van der Waals surface area contributed by atoms with Gasteiger partial charge in [-0.3, -0.25) is 4.99 Å². The van der Waals surface area contributed by atoms with Crippen LogP contribution in [0.15, 0.2) is 46.1 Å². The molecule has 1 aromatic heterocycles. The fourth-order valence-corrected chi connectivity index (χ4v) is 1.78. The normalized spacial score (nSPS) is 12.2. The molecule has 2 aromatic rings. The van der Waals surface area contributed by atoms with E-state index in [1.54, 1.807) is 25.2 Å². The average molecular weight is 434 g/mol. The molecular formula is C15H20FIN4O2. The van der Waals surface area contributed by atoms with E-state index in [-0.39, 0.29) is 35.9 Å². The van der Waals surface area contributed by atoms with Crippen LogP contribution in [0, 0.1) is 5.82 Å². The minimum Gasteiger partial charge on any atom is -0.489 e. The van der Waals surface area contributed by atoms with Gasteiger partial charge < -0.3 is 19.9 Å². The van der Waals surface area contributed by atoms with E-state index in [1.165, 1.54) is 18.4 Å². The van der Waals surface area contributed by atoms with Gasteiger partial charge in [-0.25, -0.2) is 4.39 Å². The predicted octanol–water partition coefficient (Wildman–Crippen LogP) is 2.56. The fourth-order valence-electron chi connectivity index (χ4n) is 1.78. The van der Waals surface area contributed by atoms with Gasteiger partial charge in [0, 0.05) is 19.2 Å². The zero-order valence-corrected chi connectivity index (χ0v) is 15.3. The molecule has 8 heteroatoms. The average Bonchev–Trinajstić information content (AvgIpc) is 3.01. The van der Waals surface area contributed by atoms with Gasteiger partial charge in [-0.2, -0.15) is 0 Å². The molecule has 23 heavy (non-hydrogen) atoms. The van der Waals surface area contributed by atoms with Gasteiger partial charge in [-0.1, -0.05) is 11.2 Å². The number of rotatable bonds is 6. The lowest BCUT2D eigenvalue weighted by Gasteiger charge is -2.17. The molecule has 0 aliphatic carbocycles. The molecule has 0 saturated heterocycles. The van der Waals surface area contributed by atoms with Gasteiger partial charge in [-0.15, -0.1) is 24.0 Å². The number of hydrogen-bond donors (Lipinski definition) is 2. The molecule has 0 aliphatic rings. The Labute approximate surface area is 151 Å². The monoisotopic (exact) mass is 434 g/mol. The van der Waals surface area contributed by atoms with E-state index in [9.17, 15) is 4.39 Å². The van der Waals surface area contributed by atoms with Crippen molar-refractivity contribution >= 4 is 29.9 Å². The lowest BCUT2D eigenvalue weighted by molar-refractivity contribution is 0.223. The molecule has 0 spiro atoms. The Kier molecular flexibility index (Phi) is 8.38. The zero-order valence-electron chi connectivity index (χ0n) is 13.0. The van der Waals surface area contributed by atoms with Gasteiger partial charge in [0.05, 0.1) is 13.1 Å². The summed E-state index contributed by atoms with van der Waals surface area (Å²) < 4.78 is 23.5. The van der Waals surface area contributed by atoms with Gasteiger partial charge in [-0.05, 0) is 19.1 Å². The first kappa shape index (κ1) is 19.2. The third-order valence-electron chi connectivity index (χ3n) is 2.84. The molecule has 1 unspecified atom stereocenters. The van der Waals surface area contributed by atoms with E-state index in [0.717, 1.165) is 5.69 Å². The predicted molar refractivity (Wildman–Crippen MR) is 96.6 cm³/mol. The van der Waals surface area contributed by atoms with Crippen molar-refractivity contribution in [2.75, 3.05) is 13.6 Å². The van der Waals surface area contributed by atoms with Crippen LogP contribution in [0.25, 0.3) is 0 Å². The van der Waals surface area contributed by atoms with Crippen molar-refractivity contribution in [3.8, 4) is 5.75 Å². The smallest absolute Gasteiger partial charge is 0.191 e. The minimum atomic E-state index is -0.317. The second-order valence-electron chi connectivity index (χ2n) is 4.68. The molecule has 0 aliphatic heterocycles. The highest BCUT2D eigenvalue weighted by atomic mass is 127. The maximum absolute atomic E-state index is 13.1. The third kappa shape index (κ3) is 6.85. The fraction of sp³-hybridized carbons (Fsp3) is 0.333. The van der Waals surface area contributed by atoms with E-state index in [1.807, 2.05) is 6.92 Å². The standard InChI is InChI=1S/C15H19FN4O2.HI/c1-11(22-14-5-3-4-12(16)8-14)9-18-15(17-2)19-10-13-6-7-21-20-13;/h3-8,11H,9-10H2,1-2H3,(H2,17,18,19);1H. The van der Waals surface area contributed by atoms with Gasteiger partial charge in [0.2, 0.25) is 0 Å². The molecule has 1 atom stereocenters. The van der Waals surface area contributed by atoms with Crippen molar-refractivity contribution in [2.24, 2.45) is 4.99 Å². The second-order valence-corrected chi connectivity index (χ2v) is 4.68. The Balaban J connectivity index is 0.00000264. The van der Waals surface area contributed by atoms with Crippen LogP contribution in [0.5, 0.6) is 5.75 Å². The Morgan fingerprint density at radius 3 is 2.87 bits per heavy atom. The highest BCUT2D eigenvalue weighted by Crippen LogP contribution is 2.13. The van der Waals surface area contributed by atoms with Gasteiger partial charge >= 0.3 is 0 Å². The molecule has 1 heterocycles. The second kappa shape index (κ2) is 10.0. The number of hydrogen-bond acceptors (Lipinski definition) is 4. The number of halogens is 2. The third-order valence-corrected chi connectivity index (χ3v) is 2.84. The van der Waals surface area contributed by atoms with E-state index in [2.05, 4.69) is 20.8 Å². The molecule has 0 radical (unpaired) electrons. The Morgan fingerprint density at radius 2 is 2.22 bits per heavy atom. The largest absolute Gasteiger partial charge is 0.489 e. The number of ether oxygens (including phenoxy) is 1. The molecule has 0 saturated carbocycles. The summed E-state index contributed by atoms with van der Waals surface area (Å²) in [7, 11) is 1.68. The van der Waals surface area contributed by atoms with Crippen molar-refractivity contribution in [3.05, 3.63) is 48.1 Å². The highest BCUT2D eigenvalue weighted by Gasteiger charge is 2.07. The van der Waals surface area contributed by atoms with Crippen molar-refractivity contribution in [1.29, 1.82) is 0 Å². The molecule has 2 rings (SSSR count).